The van der Waals surface area contributed by atoms with Gasteiger partial charge in [-0.05, 0) is 30.3 Å². The highest BCUT2D eigenvalue weighted by Gasteiger charge is 2.46. The number of piperazine rings is 1. The molecule has 2 aliphatic heterocycles. The molecule has 166 valence electrons. The number of carbonyl (C=O) groups is 1. The van der Waals surface area contributed by atoms with Crippen molar-refractivity contribution in [2.24, 2.45) is 0 Å². The fraction of sp³-hybridized carbons (Fsp3) is 0.435. The molecule has 31 heavy (non-hydrogen) atoms. The van der Waals surface area contributed by atoms with Crippen molar-refractivity contribution in [2.75, 3.05) is 44.2 Å². The standard InChI is InChI=1S/C23H28FN3O4/c24-17-6-4-5-16(13-17)23(30)25-14-19-21(22(29)20(15-28)31-19)27-11-9-26(10-12-27)18-7-2-1-3-8-18/h1-8,13,19-22,28-29H,9-12,14-15H2,(H,25,30). The summed E-state index contributed by atoms with van der Waals surface area (Å²) < 4.78 is 19.3. The smallest absolute Gasteiger partial charge is 0.251 e. The maximum atomic E-state index is 13.4. The van der Waals surface area contributed by atoms with E-state index in [2.05, 4.69) is 27.2 Å². The van der Waals surface area contributed by atoms with Crippen LogP contribution < -0.4 is 10.2 Å². The number of hydrogen-bond acceptors (Lipinski definition) is 6. The van der Waals surface area contributed by atoms with Crippen LogP contribution in [0.1, 0.15) is 10.4 Å². The van der Waals surface area contributed by atoms with E-state index in [0.29, 0.717) is 0 Å². The molecule has 7 nitrogen and oxygen atoms in total. The molecule has 2 fully saturated rings. The van der Waals surface area contributed by atoms with Gasteiger partial charge in [-0.1, -0.05) is 24.3 Å². The highest BCUT2D eigenvalue weighted by molar-refractivity contribution is 5.94. The molecule has 0 bridgehead atoms. The molecule has 2 heterocycles. The third-order valence-corrected chi connectivity index (χ3v) is 6.05. The molecule has 4 atom stereocenters. The van der Waals surface area contributed by atoms with E-state index in [9.17, 15) is 19.4 Å². The van der Waals surface area contributed by atoms with E-state index in [0.717, 1.165) is 31.9 Å². The van der Waals surface area contributed by atoms with Gasteiger partial charge in [-0.15, -0.1) is 0 Å². The quantitative estimate of drug-likeness (QED) is 0.632. The van der Waals surface area contributed by atoms with Crippen LogP contribution in [-0.2, 0) is 4.74 Å². The highest BCUT2D eigenvalue weighted by Crippen LogP contribution is 2.27. The molecule has 4 unspecified atom stereocenters. The van der Waals surface area contributed by atoms with Crippen molar-refractivity contribution < 1.29 is 24.1 Å². The number of anilines is 1. The molecule has 4 rings (SSSR count). The SMILES string of the molecule is O=C(NCC1OC(CO)C(O)C1N1CCN(c2ccccc2)CC1)c1cccc(F)c1. The number of hydrogen-bond donors (Lipinski definition) is 3. The number of carbonyl (C=O) groups excluding carboxylic acids is 1. The first kappa shape index (κ1) is 21.7. The number of benzene rings is 2. The monoisotopic (exact) mass is 429 g/mol. The van der Waals surface area contributed by atoms with Crippen LogP contribution in [-0.4, -0.2) is 84.7 Å². The van der Waals surface area contributed by atoms with Gasteiger partial charge in [0.15, 0.2) is 0 Å². The topological polar surface area (TPSA) is 85.3 Å². The molecule has 2 saturated heterocycles. The summed E-state index contributed by atoms with van der Waals surface area (Å²) in [7, 11) is 0. The van der Waals surface area contributed by atoms with Crippen LogP contribution in [0.5, 0.6) is 0 Å². The number of halogens is 1. The average molecular weight is 429 g/mol. The zero-order chi connectivity index (χ0) is 21.8. The number of aliphatic hydroxyl groups is 2. The van der Waals surface area contributed by atoms with Gasteiger partial charge in [0.05, 0.1) is 18.8 Å². The normalized spacial score (nSPS) is 26.7. The van der Waals surface area contributed by atoms with Crippen molar-refractivity contribution in [2.45, 2.75) is 24.4 Å². The van der Waals surface area contributed by atoms with E-state index >= 15 is 0 Å². The summed E-state index contributed by atoms with van der Waals surface area (Å²) in [5.74, 6) is -0.882. The maximum Gasteiger partial charge on any atom is 0.251 e. The number of ether oxygens (including phenoxy) is 1. The molecule has 0 aromatic heterocycles. The van der Waals surface area contributed by atoms with Crippen molar-refractivity contribution >= 4 is 11.6 Å². The van der Waals surface area contributed by atoms with Crippen LogP contribution in [0, 0.1) is 5.82 Å². The third-order valence-electron chi connectivity index (χ3n) is 6.05. The Bertz CT molecular complexity index is 876. The van der Waals surface area contributed by atoms with Crippen molar-refractivity contribution in [3.05, 3.63) is 66.0 Å². The van der Waals surface area contributed by atoms with Gasteiger partial charge in [0.2, 0.25) is 0 Å². The fourth-order valence-electron chi connectivity index (χ4n) is 4.44. The van der Waals surface area contributed by atoms with E-state index < -0.39 is 30.0 Å². The van der Waals surface area contributed by atoms with Gasteiger partial charge in [-0.3, -0.25) is 9.69 Å². The Morgan fingerprint density at radius 1 is 1.06 bits per heavy atom. The van der Waals surface area contributed by atoms with Crippen LogP contribution in [0.2, 0.25) is 0 Å². The second-order valence-electron chi connectivity index (χ2n) is 7.96. The lowest BCUT2D eigenvalue weighted by Gasteiger charge is -2.41. The van der Waals surface area contributed by atoms with E-state index in [1.165, 1.54) is 18.2 Å². The number of aliphatic hydroxyl groups excluding tert-OH is 2. The van der Waals surface area contributed by atoms with Gasteiger partial charge >= 0.3 is 0 Å². The van der Waals surface area contributed by atoms with E-state index in [1.807, 2.05) is 18.2 Å². The Hall–Kier alpha value is -2.52. The summed E-state index contributed by atoms with van der Waals surface area (Å²) in [5.41, 5.74) is 1.39. The maximum absolute atomic E-state index is 13.4. The van der Waals surface area contributed by atoms with Gasteiger partial charge in [0, 0.05) is 44.0 Å². The van der Waals surface area contributed by atoms with Crippen molar-refractivity contribution in [3.8, 4) is 0 Å². The first-order valence-corrected chi connectivity index (χ1v) is 10.6. The van der Waals surface area contributed by atoms with Crippen LogP contribution >= 0.6 is 0 Å². The molecule has 0 saturated carbocycles. The average Bonchev–Trinajstić information content (AvgIpc) is 3.13. The second-order valence-corrected chi connectivity index (χ2v) is 7.96. The van der Waals surface area contributed by atoms with Crippen LogP contribution in [0.15, 0.2) is 54.6 Å². The lowest BCUT2D eigenvalue weighted by Crippen LogP contribution is -2.57. The van der Waals surface area contributed by atoms with Gasteiger partial charge in [-0.25, -0.2) is 4.39 Å². The first-order valence-electron chi connectivity index (χ1n) is 10.6. The number of amides is 1. The van der Waals surface area contributed by atoms with Gasteiger partial charge in [0.25, 0.3) is 5.91 Å². The molecule has 2 aromatic carbocycles. The van der Waals surface area contributed by atoms with E-state index in [1.54, 1.807) is 6.07 Å². The van der Waals surface area contributed by atoms with Gasteiger partial charge < -0.3 is 25.2 Å². The fourth-order valence-corrected chi connectivity index (χ4v) is 4.44. The number of para-hydroxylation sites is 1. The summed E-state index contributed by atoms with van der Waals surface area (Å²) >= 11 is 0. The largest absolute Gasteiger partial charge is 0.394 e. The molecule has 0 aliphatic carbocycles. The van der Waals surface area contributed by atoms with E-state index in [4.69, 9.17) is 4.74 Å². The summed E-state index contributed by atoms with van der Waals surface area (Å²) in [4.78, 5) is 16.9. The Kier molecular flexibility index (Phi) is 6.82. The zero-order valence-corrected chi connectivity index (χ0v) is 17.2. The Balaban J connectivity index is 1.39. The molecular formula is C23H28FN3O4. The lowest BCUT2D eigenvalue weighted by molar-refractivity contribution is -0.0209. The lowest BCUT2D eigenvalue weighted by atomic mass is 10.0. The number of nitrogens with zero attached hydrogens (tertiary/aromatic N) is 2. The highest BCUT2D eigenvalue weighted by atomic mass is 19.1. The van der Waals surface area contributed by atoms with Crippen molar-refractivity contribution in [1.29, 1.82) is 0 Å². The molecule has 0 radical (unpaired) electrons. The summed E-state index contributed by atoms with van der Waals surface area (Å²) in [6, 6.07) is 15.3. The molecule has 3 N–H and O–H groups in total. The Morgan fingerprint density at radius 3 is 2.48 bits per heavy atom. The third kappa shape index (κ3) is 4.88. The minimum Gasteiger partial charge on any atom is -0.394 e. The zero-order valence-electron chi connectivity index (χ0n) is 17.2. The number of rotatable bonds is 6. The molecular weight excluding hydrogens is 401 g/mol. The summed E-state index contributed by atoms with van der Waals surface area (Å²) in [5, 5.41) is 23.2. The van der Waals surface area contributed by atoms with Crippen molar-refractivity contribution in [1.82, 2.24) is 10.2 Å². The Labute approximate surface area is 181 Å². The minimum absolute atomic E-state index is 0.159. The minimum atomic E-state index is -0.857. The van der Waals surface area contributed by atoms with Crippen LogP contribution in [0.25, 0.3) is 0 Å². The number of nitrogens with one attached hydrogen (secondary N) is 1. The summed E-state index contributed by atoms with van der Waals surface area (Å²) in [6.07, 6.45) is -2.04. The van der Waals surface area contributed by atoms with E-state index in [-0.39, 0.29) is 24.8 Å². The van der Waals surface area contributed by atoms with Crippen LogP contribution in [0.4, 0.5) is 10.1 Å². The Morgan fingerprint density at radius 2 is 1.81 bits per heavy atom. The molecule has 2 aromatic rings. The predicted octanol–water partition coefficient (Wildman–Crippen LogP) is 0.867. The molecule has 8 heteroatoms. The predicted molar refractivity (Wildman–Crippen MR) is 115 cm³/mol. The second kappa shape index (κ2) is 9.74. The summed E-state index contributed by atoms with van der Waals surface area (Å²) in [6.45, 7) is 2.93. The van der Waals surface area contributed by atoms with Crippen molar-refractivity contribution in [3.63, 3.8) is 0 Å². The molecule has 2 aliphatic rings. The first-order chi connectivity index (χ1) is 15.1. The van der Waals surface area contributed by atoms with Gasteiger partial charge in [0.1, 0.15) is 18.0 Å². The molecule has 0 spiro atoms. The van der Waals surface area contributed by atoms with Crippen LogP contribution in [0.3, 0.4) is 0 Å². The molecule has 1 amide bonds. The van der Waals surface area contributed by atoms with Gasteiger partial charge in [-0.2, -0.15) is 0 Å².